The Morgan fingerprint density at radius 3 is 2.53 bits per heavy atom. The van der Waals surface area contributed by atoms with E-state index in [0.717, 1.165) is 78.2 Å². The van der Waals surface area contributed by atoms with Crippen LogP contribution < -0.4 is 9.64 Å². The highest BCUT2D eigenvalue weighted by molar-refractivity contribution is 6.45. The van der Waals surface area contributed by atoms with E-state index in [2.05, 4.69) is 46.0 Å². The zero-order valence-corrected chi connectivity index (χ0v) is 21.5. The molecule has 3 atom stereocenters. The van der Waals surface area contributed by atoms with E-state index in [1.165, 1.54) is 6.42 Å². The second kappa shape index (κ2) is 9.52. The summed E-state index contributed by atoms with van der Waals surface area (Å²) in [6.45, 7) is 5.65. The average molecular weight is 486 g/mol. The predicted molar refractivity (Wildman–Crippen MR) is 142 cm³/mol. The zero-order valence-electron chi connectivity index (χ0n) is 21.5. The number of piperidine rings is 2. The molecule has 5 heterocycles. The molecule has 9 heteroatoms. The Kier molecular flexibility index (Phi) is 6.21. The fraction of sp³-hybridized carbons (Fsp3) is 0.519. The number of hydrogen-bond donors (Lipinski definition) is 1. The molecular formula is C27H35BN6O2. The van der Waals surface area contributed by atoms with Gasteiger partial charge in [0.05, 0.1) is 18.5 Å². The Hall–Kier alpha value is -2.91. The summed E-state index contributed by atoms with van der Waals surface area (Å²) in [5, 5.41) is 24.1. The summed E-state index contributed by atoms with van der Waals surface area (Å²) < 4.78 is 8.04. The first-order valence-electron chi connectivity index (χ1n) is 13.3. The van der Waals surface area contributed by atoms with Crippen LogP contribution in [0.3, 0.4) is 0 Å². The highest BCUT2D eigenvalue weighted by atomic mass is 16.5. The van der Waals surface area contributed by atoms with Crippen LogP contribution >= 0.6 is 0 Å². The molecule has 6 rings (SSSR count). The number of hydrogen-bond acceptors (Lipinski definition) is 7. The summed E-state index contributed by atoms with van der Waals surface area (Å²) in [7, 11) is 1.55. The van der Waals surface area contributed by atoms with Crippen molar-refractivity contribution in [2.75, 3.05) is 18.1 Å². The van der Waals surface area contributed by atoms with E-state index in [1.54, 1.807) is 0 Å². The van der Waals surface area contributed by atoms with E-state index in [9.17, 15) is 5.02 Å². The molecule has 0 aliphatic carbocycles. The van der Waals surface area contributed by atoms with Gasteiger partial charge in [-0.25, -0.2) is 0 Å². The molecule has 1 aromatic carbocycles. The molecule has 0 amide bonds. The molecule has 0 saturated carbocycles. The third kappa shape index (κ3) is 4.28. The zero-order chi connectivity index (χ0) is 24.8. The lowest BCUT2D eigenvalue weighted by Crippen LogP contribution is -2.61. The van der Waals surface area contributed by atoms with Crippen molar-refractivity contribution in [3.8, 4) is 28.1 Å². The van der Waals surface area contributed by atoms with Crippen molar-refractivity contribution in [1.29, 1.82) is 0 Å². The number of ether oxygens (including phenoxy) is 1. The molecule has 36 heavy (non-hydrogen) atoms. The van der Waals surface area contributed by atoms with Crippen molar-refractivity contribution in [2.45, 2.75) is 70.4 Å². The number of aromatic nitrogens is 4. The van der Waals surface area contributed by atoms with Gasteiger partial charge in [-0.1, -0.05) is 24.6 Å². The fourth-order valence-corrected chi connectivity index (χ4v) is 6.64. The maximum Gasteiger partial charge on any atom is 0.376 e. The lowest BCUT2D eigenvalue weighted by molar-refractivity contribution is 0.0895. The highest BCUT2D eigenvalue weighted by Gasteiger charge is 2.43. The molecule has 3 aliphatic heterocycles. The van der Waals surface area contributed by atoms with Crippen LogP contribution in [0.25, 0.3) is 22.4 Å². The molecule has 8 nitrogen and oxygen atoms in total. The minimum atomic E-state index is -0.379. The molecule has 3 aliphatic rings. The number of rotatable bonds is 4. The van der Waals surface area contributed by atoms with Crippen molar-refractivity contribution < 1.29 is 9.76 Å². The van der Waals surface area contributed by atoms with E-state index < -0.39 is 0 Å². The summed E-state index contributed by atoms with van der Waals surface area (Å²) >= 11 is 0. The minimum Gasteiger partial charge on any atom is -0.489 e. The number of nitrogens with zero attached hydrogens (tertiary/aromatic N) is 6. The van der Waals surface area contributed by atoms with E-state index in [1.807, 2.05) is 30.9 Å². The van der Waals surface area contributed by atoms with Crippen molar-refractivity contribution in [3.63, 3.8) is 0 Å². The van der Waals surface area contributed by atoms with E-state index >= 15 is 0 Å². The van der Waals surface area contributed by atoms with Gasteiger partial charge in [0.1, 0.15) is 0 Å². The topological polar surface area (TPSA) is 79.5 Å². The Bertz CT molecular complexity index is 1230. The van der Waals surface area contributed by atoms with Crippen LogP contribution in [-0.2, 0) is 7.05 Å². The van der Waals surface area contributed by atoms with Crippen molar-refractivity contribution in [3.05, 3.63) is 42.2 Å². The second-order valence-electron chi connectivity index (χ2n) is 10.7. The Morgan fingerprint density at radius 2 is 1.83 bits per heavy atom. The van der Waals surface area contributed by atoms with Gasteiger partial charge in [0.15, 0.2) is 11.6 Å². The first-order chi connectivity index (χ1) is 17.5. The standard InChI is InChI=1S/C27H35BN6O2/c1-18-12-19(20-16-29-32(3)17-20)8-9-24(18)25-15-26-27(31-30-25)33(10-5-11-36-26)23-13-21-6-4-7-22(14-23)34(21)28(2)35/h8-9,12,15-17,21-23,35H,4-7,10-11,13-14H2,1-3H3/t21-,22?,23-/m0/s1. The van der Waals surface area contributed by atoms with Gasteiger partial charge >= 0.3 is 7.05 Å². The second-order valence-corrected chi connectivity index (χ2v) is 10.7. The van der Waals surface area contributed by atoms with Crippen LogP contribution in [0, 0.1) is 6.92 Å². The molecule has 2 saturated heterocycles. The molecule has 3 aromatic rings. The van der Waals surface area contributed by atoms with E-state index in [-0.39, 0.29) is 7.05 Å². The summed E-state index contributed by atoms with van der Waals surface area (Å²) in [5.41, 5.74) is 5.30. The number of aryl methyl sites for hydroxylation is 2. The smallest absolute Gasteiger partial charge is 0.376 e. The molecule has 1 N–H and O–H groups in total. The third-order valence-corrected chi connectivity index (χ3v) is 8.23. The summed E-state index contributed by atoms with van der Waals surface area (Å²) in [5.74, 6) is 1.70. The monoisotopic (exact) mass is 486 g/mol. The SMILES string of the molecule is CB(O)N1C2CCC[C@H]1C[C@H](N1CCCOc3cc(-c4ccc(-c5cnn(C)c5)cc4C)nnc31)C2. The quantitative estimate of drug-likeness (QED) is 0.560. The van der Waals surface area contributed by atoms with E-state index in [0.29, 0.717) is 24.7 Å². The van der Waals surface area contributed by atoms with Gasteiger partial charge in [-0.15, -0.1) is 10.2 Å². The van der Waals surface area contributed by atoms with Crippen LogP contribution in [0.15, 0.2) is 36.7 Å². The van der Waals surface area contributed by atoms with Crippen LogP contribution in [0.1, 0.15) is 44.1 Å². The highest BCUT2D eigenvalue weighted by Crippen LogP contribution is 2.41. The summed E-state index contributed by atoms with van der Waals surface area (Å²) in [6.07, 6.45) is 10.6. The van der Waals surface area contributed by atoms with Gasteiger partial charge in [0.25, 0.3) is 0 Å². The average Bonchev–Trinajstić information content (AvgIpc) is 3.18. The van der Waals surface area contributed by atoms with Crippen LogP contribution in [0.4, 0.5) is 5.82 Å². The van der Waals surface area contributed by atoms with Gasteiger partial charge in [-0.3, -0.25) is 4.68 Å². The summed E-state index contributed by atoms with van der Waals surface area (Å²) in [4.78, 5) is 4.80. The molecular weight excluding hydrogens is 451 g/mol. The van der Waals surface area contributed by atoms with Gasteiger partial charge in [-0.2, -0.15) is 5.10 Å². The first kappa shape index (κ1) is 23.5. The minimum absolute atomic E-state index is 0.379. The Morgan fingerprint density at radius 1 is 1.03 bits per heavy atom. The molecule has 0 radical (unpaired) electrons. The third-order valence-electron chi connectivity index (χ3n) is 8.23. The van der Waals surface area contributed by atoms with Crippen molar-refractivity contribution in [2.24, 2.45) is 7.05 Å². The van der Waals surface area contributed by atoms with Crippen LogP contribution in [0.2, 0.25) is 6.82 Å². The van der Waals surface area contributed by atoms with Crippen LogP contribution in [-0.4, -0.2) is 68.1 Å². The van der Waals surface area contributed by atoms with Gasteiger partial charge in [0.2, 0.25) is 0 Å². The van der Waals surface area contributed by atoms with Gasteiger partial charge < -0.3 is 19.5 Å². The molecule has 2 aromatic heterocycles. The fourth-order valence-electron chi connectivity index (χ4n) is 6.64. The Labute approximate surface area is 213 Å². The predicted octanol–water partition coefficient (Wildman–Crippen LogP) is 3.94. The molecule has 188 valence electrons. The lowest BCUT2D eigenvalue weighted by Gasteiger charge is -2.52. The number of fused-ring (bicyclic) bond motifs is 3. The summed E-state index contributed by atoms with van der Waals surface area (Å²) in [6, 6.07) is 9.76. The molecule has 1 unspecified atom stereocenters. The van der Waals surface area contributed by atoms with Crippen molar-refractivity contribution in [1.82, 2.24) is 24.8 Å². The molecule has 0 spiro atoms. The Balaban J connectivity index is 1.28. The number of anilines is 1. The lowest BCUT2D eigenvalue weighted by atomic mass is 9.70. The molecule has 2 fully saturated rings. The van der Waals surface area contributed by atoms with Crippen molar-refractivity contribution >= 4 is 12.9 Å². The van der Waals surface area contributed by atoms with Crippen LogP contribution in [0.5, 0.6) is 5.75 Å². The first-order valence-corrected chi connectivity index (χ1v) is 13.3. The normalized spacial score (nSPS) is 24.1. The maximum absolute atomic E-state index is 10.4. The largest absolute Gasteiger partial charge is 0.489 e. The number of benzene rings is 1. The maximum atomic E-state index is 10.4. The van der Waals surface area contributed by atoms with Gasteiger partial charge in [0, 0.05) is 55.1 Å². The van der Waals surface area contributed by atoms with E-state index in [4.69, 9.17) is 14.9 Å². The van der Waals surface area contributed by atoms with Gasteiger partial charge in [-0.05, 0) is 57.0 Å². The molecule has 2 bridgehead atoms.